The highest BCUT2D eigenvalue weighted by Gasteiger charge is 2.26. The van der Waals surface area contributed by atoms with E-state index in [2.05, 4.69) is 25.4 Å². The molecular weight excluding hydrogens is 392 g/mol. The van der Waals surface area contributed by atoms with Gasteiger partial charge in [-0.1, -0.05) is 24.3 Å². The van der Waals surface area contributed by atoms with Crippen molar-refractivity contribution in [3.63, 3.8) is 0 Å². The van der Waals surface area contributed by atoms with Gasteiger partial charge in [-0.25, -0.2) is 4.98 Å². The van der Waals surface area contributed by atoms with Crippen LogP contribution in [0.5, 0.6) is 5.75 Å². The Hall–Kier alpha value is -3.68. The first-order valence-corrected chi connectivity index (χ1v) is 10.4. The van der Waals surface area contributed by atoms with Gasteiger partial charge in [-0.3, -0.25) is 4.79 Å². The maximum Gasteiger partial charge on any atom is 0.263 e. The molecule has 2 aromatic heterocycles. The zero-order chi connectivity index (χ0) is 21.6. The van der Waals surface area contributed by atoms with Crippen LogP contribution in [0.2, 0.25) is 0 Å². The average molecular weight is 419 g/mol. The summed E-state index contributed by atoms with van der Waals surface area (Å²) in [5, 5.41) is 11.8. The minimum absolute atomic E-state index is 0.000195. The lowest BCUT2D eigenvalue weighted by Gasteiger charge is -2.36. The van der Waals surface area contributed by atoms with Gasteiger partial charge in [0.25, 0.3) is 5.91 Å². The zero-order valence-corrected chi connectivity index (χ0v) is 17.7. The Balaban J connectivity index is 1.29. The maximum atomic E-state index is 12.7. The fourth-order valence-corrected chi connectivity index (χ4v) is 3.47. The molecule has 0 spiro atoms. The van der Waals surface area contributed by atoms with Crippen LogP contribution in [-0.4, -0.2) is 58.3 Å². The van der Waals surface area contributed by atoms with Gasteiger partial charge in [-0.2, -0.15) is 0 Å². The Labute approximate surface area is 181 Å². The Bertz CT molecular complexity index is 1000. The molecule has 1 N–H and O–H groups in total. The third-order valence-corrected chi connectivity index (χ3v) is 5.11. The molecular formula is C23H26N6O2. The number of carbonyl (C=O) groups excluding carboxylic acids is 1. The summed E-state index contributed by atoms with van der Waals surface area (Å²) in [4.78, 5) is 21.1. The van der Waals surface area contributed by atoms with E-state index in [1.807, 2.05) is 72.5 Å². The van der Waals surface area contributed by atoms with Gasteiger partial charge in [0.2, 0.25) is 0 Å². The van der Waals surface area contributed by atoms with Crippen LogP contribution in [0.15, 0.2) is 60.7 Å². The standard InChI is InChI=1S/C23H26N6O2/c1-17-7-6-10-20(24-17)25-21-11-12-22(27-26-21)28-13-15-29(16-14-28)23(30)18(2)31-19-8-4-3-5-9-19/h3-12,18H,13-16H2,1-2H3,(H,24,25,26)/t18-/m0/s1. The van der Waals surface area contributed by atoms with Crippen molar-refractivity contribution in [1.82, 2.24) is 20.1 Å². The highest BCUT2D eigenvalue weighted by molar-refractivity contribution is 5.81. The van der Waals surface area contributed by atoms with Crippen LogP contribution in [0.1, 0.15) is 12.6 Å². The Morgan fingerprint density at radius 1 is 0.935 bits per heavy atom. The summed E-state index contributed by atoms with van der Waals surface area (Å²) in [6, 6.07) is 19.0. The van der Waals surface area contributed by atoms with E-state index < -0.39 is 6.10 Å². The molecule has 1 saturated heterocycles. The number of nitrogens with one attached hydrogen (secondary N) is 1. The lowest BCUT2D eigenvalue weighted by molar-refractivity contribution is -0.138. The number of para-hydroxylation sites is 1. The van der Waals surface area contributed by atoms with Crippen molar-refractivity contribution in [2.45, 2.75) is 20.0 Å². The van der Waals surface area contributed by atoms with Crippen molar-refractivity contribution < 1.29 is 9.53 Å². The second-order valence-corrected chi connectivity index (χ2v) is 7.45. The Kier molecular flexibility index (Phi) is 6.26. The Morgan fingerprint density at radius 2 is 1.71 bits per heavy atom. The molecule has 0 radical (unpaired) electrons. The maximum absolute atomic E-state index is 12.7. The molecule has 3 heterocycles. The summed E-state index contributed by atoms with van der Waals surface area (Å²) in [6.07, 6.45) is -0.519. The van der Waals surface area contributed by atoms with E-state index in [4.69, 9.17) is 4.74 Å². The first kappa shape index (κ1) is 20.6. The van der Waals surface area contributed by atoms with Gasteiger partial charge in [0.1, 0.15) is 11.6 Å². The number of pyridine rings is 1. The smallest absolute Gasteiger partial charge is 0.263 e. The summed E-state index contributed by atoms with van der Waals surface area (Å²) < 4.78 is 5.77. The summed E-state index contributed by atoms with van der Waals surface area (Å²) in [5.41, 5.74) is 0.936. The number of benzene rings is 1. The Morgan fingerprint density at radius 3 is 2.39 bits per heavy atom. The van der Waals surface area contributed by atoms with Crippen molar-refractivity contribution in [2.24, 2.45) is 0 Å². The van der Waals surface area contributed by atoms with Crippen LogP contribution in [-0.2, 0) is 4.79 Å². The quantitative estimate of drug-likeness (QED) is 0.659. The summed E-state index contributed by atoms with van der Waals surface area (Å²) >= 11 is 0. The van der Waals surface area contributed by atoms with Gasteiger partial charge in [0, 0.05) is 31.9 Å². The predicted molar refractivity (Wildman–Crippen MR) is 120 cm³/mol. The van der Waals surface area contributed by atoms with Crippen LogP contribution < -0.4 is 15.0 Å². The molecule has 3 aromatic rings. The van der Waals surface area contributed by atoms with E-state index in [9.17, 15) is 4.79 Å². The molecule has 0 saturated carbocycles. The molecule has 8 heteroatoms. The van der Waals surface area contributed by atoms with Gasteiger partial charge in [0.15, 0.2) is 17.7 Å². The van der Waals surface area contributed by atoms with Gasteiger partial charge < -0.3 is 19.9 Å². The fourth-order valence-electron chi connectivity index (χ4n) is 3.47. The molecule has 160 valence electrons. The van der Waals surface area contributed by atoms with Gasteiger partial charge >= 0.3 is 0 Å². The molecule has 0 unspecified atom stereocenters. The van der Waals surface area contributed by atoms with Crippen LogP contribution in [0.4, 0.5) is 17.5 Å². The molecule has 8 nitrogen and oxygen atoms in total. The number of carbonyl (C=O) groups is 1. The number of ether oxygens (including phenoxy) is 1. The molecule has 0 bridgehead atoms. The molecule has 1 aliphatic rings. The van der Waals surface area contributed by atoms with Crippen molar-refractivity contribution in [1.29, 1.82) is 0 Å². The van der Waals surface area contributed by atoms with E-state index in [1.165, 1.54) is 0 Å². The molecule has 1 fully saturated rings. The number of anilines is 3. The summed E-state index contributed by atoms with van der Waals surface area (Å²) in [7, 11) is 0. The lowest BCUT2D eigenvalue weighted by Crippen LogP contribution is -2.52. The summed E-state index contributed by atoms with van der Waals surface area (Å²) in [6.45, 7) is 6.38. The highest BCUT2D eigenvalue weighted by atomic mass is 16.5. The topological polar surface area (TPSA) is 83.5 Å². The number of hydrogen-bond donors (Lipinski definition) is 1. The lowest BCUT2D eigenvalue weighted by atomic mass is 10.2. The monoisotopic (exact) mass is 418 g/mol. The molecule has 1 amide bonds. The number of piperazine rings is 1. The van der Waals surface area contributed by atoms with Crippen LogP contribution in [0.3, 0.4) is 0 Å². The number of aryl methyl sites for hydroxylation is 1. The average Bonchev–Trinajstić information content (AvgIpc) is 2.80. The second-order valence-electron chi connectivity index (χ2n) is 7.45. The normalized spacial score (nSPS) is 14.8. The molecule has 1 atom stereocenters. The predicted octanol–water partition coefficient (Wildman–Crippen LogP) is 3.04. The number of amides is 1. The molecule has 1 aliphatic heterocycles. The van der Waals surface area contributed by atoms with Crippen LogP contribution in [0.25, 0.3) is 0 Å². The van der Waals surface area contributed by atoms with Crippen molar-refractivity contribution in [3.05, 3.63) is 66.4 Å². The van der Waals surface area contributed by atoms with E-state index in [-0.39, 0.29) is 5.91 Å². The van der Waals surface area contributed by atoms with Crippen LogP contribution >= 0.6 is 0 Å². The minimum Gasteiger partial charge on any atom is -0.481 e. The molecule has 1 aromatic carbocycles. The van der Waals surface area contributed by atoms with Gasteiger partial charge in [-0.15, -0.1) is 10.2 Å². The van der Waals surface area contributed by atoms with E-state index >= 15 is 0 Å². The molecule has 4 rings (SSSR count). The van der Waals surface area contributed by atoms with Gasteiger partial charge in [-0.05, 0) is 50.2 Å². The second kappa shape index (κ2) is 9.42. The highest BCUT2D eigenvalue weighted by Crippen LogP contribution is 2.18. The number of hydrogen-bond acceptors (Lipinski definition) is 7. The summed E-state index contributed by atoms with van der Waals surface area (Å²) in [5.74, 6) is 2.87. The third kappa shape index (κ3) is 5.28. The van der Waals surface area contributed by atoms with E-state index in [1.54, 1.807) is 6.92 Å². The van der Waals surface area contributed by atoms with Crippen molar-refractivity contribution in [3.8, 4) is 5.75 Å². The number of aromatic nitrogens is 3. The molecule has 0 aliphatic carbocycles. The zero-order valence-electron chi connectivity index (χ0n) is 17.7. The fraction of sp³-hybridized carbons (Fsp3) is 0.304. The SMILES string of the molecule is Cc1cccc(Nc2ccc(N3CCN(C(=O)[C@H](C)Oc4ccccc4)CC3)nn2)n1. The third-order valence-electron chi connectivity index (χ3n) is 5.11. The van der Waals surface area contributed by atoms with E-state index in [0.29, 0.717) is 37.7 Å². The van der Waals surface area contributed by atoms with Crippen molar-refractivity contribution >= 4 is 23.4 Å². The first-order valence-electron chi connectivity index (χ1n) is 10.4. The van der Waals surface area contributed by atoms with Gasteiger partial charge in [0.05, 0.1) is 0 Å². The van der Waals surface area contributed by atoms with Crippen LogP contribution in [0, 0.1) is 6.92 Å². The molecule has 31 heavy (non-hydrogen) atoms. The minimum atomic E-state index is -0.519. The number of nitrogens with zero attached hydrogens (tertiary/aromatic N) is 5. The van der Waals surface area contributed by atoms with Crippen molar-refractivity contribution in [2.75, 3.05) is 36.4 Å². The first-order chi connectivity index (χ1) is 15.1. The number of rotatable bonds is 6. The van der Waals surface area contributed by atoms with E-state index in [0.717, 1.165) is 17.3 Å². The largest absolute Gasteiger partial charge is 0.481 e.